The molecule has 0 aliphatic carbocycles. The number of rotatable bonds is 0. The highest BCUT2D eigenvalue weighted by Crippen LogP contribution is 1.96. The molecule has 0 aliphatic rings. The van der Waals surface area contributed by atoms with E-state index in [4.69, 9.17) is 0 Å². The Morgan fingerprint density at radius 3 is 2.55 bits per heavy atom. The number of H-pyrrole nitrogens is 1. The SMILES string of the molecule is Cc1ccc[nH]ccc(C)c1. The molecule has 0 saturated heterocycles. The molecule has 0 atom stereocenters. The van der Waals surface area contributed by atoms with Gasteiger partial charge in [-0.15, -0.1) is 0 Å². The maximum absolute atomic E-state index is 3.03. The van der Waals surface area contributed by atoms with E-state index in [2.05, 4.69) is 31.0 Å². The fraction of sp³-hybridized carbons (Fsp3) is 0.200. The van der Waals surface area contributed by atoms with E-state index in [1.54, 1.807) is 0 Å². The van der Waals surface area contributed by atoms with Crippen LogP contribution in [0.1, 0.15) is 11.1 Å². The third-order valence-corrected chi connectivity index (χ3v) is 1.45. The first-order chi connectivity index (χ1) is 5.29. The molecule has 0 radical (unpaired) electrons. The van der Waals surface area contributed by atoms with Gasteiger partial charge in [0, 0.05) is 12.4 Å². The first-order valence-electron chi connectivity index (χ1n) is 3.73. The molecule has 1 heteroatoms. The summed E-state index contributed by atoms with van der Waals surface area (Å²) in [6, 6.07) is 8.26. The molecular formula is C10H13N. The van der Waals surface area contributed by atoms with Gasteiger partial charge in [0.2, 0.25) is 0 Å². The second-order valence-corrected chi connectivity index (χ2v) is 2.66. The zero-order valence-corrected chi connectivity index (χ0v) is 6.96. The van der Waals surface area contributed by atoms with Crippen LogP contribution in [0.4, 0.5) is 0 Å². The van der Waals surface area contributed by atoms with Gasteiger partial charge in [-0.2, -0.15) is 0 Å². The average Bonchev–Trinajstić information content (AvgIpc) is 2.02. The lowest BCUT2D eigenvalue weighted by Crippen LogP contribution is -1.66. The van der Waals surface area contributed by atoms with Crippen molar-refractivity contribution in [1.29, 1.82) is 0 Å². The summed E-state index contributed by atoms with van der Waals surface area (Å²) in [7, 11) is 0. The van der Waals surface area contributed by atoms with Gasteiger partial charge in [-0.3, -0.25) is 0 Å². The lowest BCUT2D eigenvalue weighted by atomic mass is 10.2. The first-order valence-corrected chi connectivity index (χ1v) is 3.73. The van der Waals surface area contributed by atoms with Crippen LogP contribution in [-0.4, -0.2) is 4.98 Å². The fourth-order valence-corrected chi connectivity index (χ4v) is 0.946. The monoisotopic (exact) mass is 147 g/mol. The van der Waals surface area contributed by atoms with Crippen LogP contribution in [0.3, 0.4) is 0 Å². The molecule has 0 unspecified atom stereocenters. The topological polar surface area (TPSA) is 15.8 Å². The van der Waals surface area contributed by atoms with Crippen LogP contribution >= 0.6 is 0 Å². The zero-order chi connectivity index (χ0) is 8.10. The molecule has 1 nitrogen and oxygen atoms in total. The van der Waals surface area contributed by atoms with Crippen molar-refractivity contribution in [2.45, 2.75) is 13.8 Å². The van der Waals surface area contributed by atoms with Gasteiger partial charge in [-0.25, -0.2) is 0 Å². The van der Waals surface area contributed by atoms with Crippen LogP contribution in [0.5, 0.6) is 0 Å². The summed E-state index contributed by atoms with van der Waals surface area (Å²) in [5.74, 6) is 0. The van der Waals surface area contributed by atoms with E-state index in [1.165, 1.54) is 11.1 Å². The van der Waals surface area contributed by atoms with E-state index in [-0.39, 0.29) is 0 Å². The van der Waals surface area contributed by atoms with Crippen molar-refractivity contribution in [3.63, 3.8) is 0 Å². The van der Waals surface area contributed by atoms with E-state index >= 15 is 0 Å². The third-order valence-electron chi connectivity index (χ3n) is 1.45. The predicted octanol–water partition coefficient (Wildman–Crippen LogP) is 2.76. The smallest absolute Gasteiger partial charge is 0.000706 e. The second kappa shape index (κ2) is 3.81. The second-order valence-electron chi connectivity index (χ2n) is 2.66. The molecule has 0 amide bonds. The van der Waals surface area contributed by atoms with Crippen molar-refractivity contribution in [3.8, 4) is 0 Å². The number of aryl methyl sites for hydroxylation is 2. The molecule has 0 spiro atoms. The number of hydrogen-bond acceptors (Lipinski definition) is 0. The van der Waals surface area contributed by atoms with E-state index in [0.717, 1.165) is 0 Å². The van der Waals surface area contributed by atoms with E-state index in [1.807, 2.05) is 24.5 Å². The summed E-state index contributed by atoms with van der Waals surface area (Å²) in [5.41, 5.74) is 2.53. The highest BCUT2D eigenvalue weighted by Gasteiger charge is 1.77. The van der Waals surface area contributed by atoms with Crippen LogP contribution in [0.25, 0.3) is 0 Å². The van der Waals surface area contributed by atoms with Crippen molar-refractivity contribution in [2.75, 3.05) is 0 Å². The van der Waals surface area contributed by atoms with Crippen molar-refractivity contribution in [1.82, 2.24) is 4.98 Å². The fourth-order valence-electron chi connectivity index (χ4n) is 0.946. The molecule has 58 valence electrons. The van der Waals surface area contributed by atoms with Gasteiger partial charge >= 0.3 is 0 Å². The van der Waals surface area contributed by atoms with Gasteiger partial charge < -0.3 is 4.98 Å². The Bertz CT molecular complexity index is 245. The minimum absolute atomic E-state index is 1.26. The standard InChI is InChI=1S/C10H13N/c1-9-4-3-6-11-7-5-10(2)8-9/h3-8,11H,1-2H3. The van der Waals surface area contributed by atoms with Gasteiger partial charge in [0.25, 0.3) is 0 Å². The first kappa shape index (κ1) is 7.86. The summed E-state index contributed by atoms with van der Waals surface area (Å²) in [6.45, 7) is 4.17. The number of nitrogens with one attached hydrogen (secondary N) is 1. The molecular weight excluding hydrogens is 134 g/mol. The summed E-state index contributed by atoms with van der Waals surface area (Å²) in [4.78, 5) is 3.03. The van der Waals surface area contributed by atoms with Crippen LogP contribution in [0.15, 0.2) is 36.7 Å². The summed E-state index contributed by atoms with van der Waals surface area (Å²) < 4.78 is 0. The minimum Gasteiger partial charge on any atom is -0.368 e. The highest BCUT2D eigenvalue weighted by atomic mass is 14.6. The van der Waals surface area contributed by atoms with Crippen LogP contribution in [0, 0.1) is 13.8 Å². The van der Waals surface area contributed by atoms with E-state index < -0.39 is 0 Å². The quantitative estimate of drug-likeness (QED) is 0.580. The molecule has 0 saturated carbocycles. The van der Waals surface area contributed by atoms with Crippen molar-refractivity contribution in [2.24, 2.45) is 0 Å². The van der Waals surface area contributed by atoms with Gasteiger partial charge in [0.1, 0.15) is 0 Å². The molecule has 0 aliphatic heterocycles. The number of hydrogen-bond donors (Lipinski definition) is 1. The van der Waals surface area contributed by atoms with Gasteiger partial charge in [-0.1, -0.05) is 17.7 Å². The highest BCUT2D eigenvalue weighted by molar-refractivity contribution is 5.15. The van der Waals surface area contributed by atoms with Crippen LogP contribution < -0.4 is 0 Å². The van der Waals surface area contributed by atoms with Gasteiger partial charge in [0.05, 0.1) is 0 Å². The molecule has 1 rings (SSSR count). The Hall–Kier alpha value is -1.24. The van der Waals surface area contributed by atoms with Gasteiger partial charge in [0.15, 0.2) is 0 Å². The summed E-state index contributed by atoms with van der Waals surface area (Å²) in [6.07, 6.45) is 3.83. The Morgan fingerprint density at radius 2 is 1.73 bits per heavy atom. The Labute approximate surface area is 67.4 Å². The minimum atomic E-state index is 1.26. The molecule has 0 aromatic carbocycles. The Morgan fingerprint density at radius 1 is 1.00 bits per heavy atom. The van der Waals surface area contributed by atoms with Crippen molar-refractivity contribution >= 4 is 0 Å². The molecule has 1 heterocycles. The van der Waals surface area contributed by atoms with E-state index in [0.29, 0.717) is 0 Å². The lowest BCUT2D eigenvalue weighted by Gasteiger charge is -1.84. The maximum atomic E-state index is 3.03. The Balaban J connectivity index is 3.25. The molecule has 1 N–H and O–H groups in total. The lowest BCUT2D eigenvalue weighted by molar-refractivity contribution is 1.34. The average molecular weight is 147 g/mol. The maximum Gasteiger partial charge on any atom is 0.000706 e. The summed E-state index contributed by atoms with van der Waals surface area (Å²) in [5, 5.41) is 0. The number of aromatic amines is 1. The van der Waals surface area contributed by atoms with Crippen molar-refractivity contribution < 1.29 is 0 Å². The van der Waals surface area contributed by atoms with Gasteiger partial charge in [-0.05, 0) is 31.5 Å². The largest absolute Gasteiger partial charge is 0.368 e. The Kier molecular flexibility index (Phi) is 2.73. The third kappa shape index (κ3) is 2.89. The molecule has 1 aromatic heterocycles. The summed E-state index contributed by atoms with van der Waals surface area (Å²) >= 11 is 0. The predicted molar refractivity (Wildman–Crippen MR) is 47.9 cm³/mol. The molecule has 1 aromatic rings. The number of aromatic nitrogens is 1. The normalized spacial score (nSPS) is 8.91. The molecule has 0 fully saturated rings. The van der Waals surface area contributed by atoms with Crippen LogP contribution in [-0.2, 0) is 0 Å². The molecule has 0 bridgehead atoms. The van der Waals surface area contributed by atoms with Crippen molar-refractivity contribution in [3.05, 3.63) is 47.8 Å². The van der Waals surface area contributed by atoms with E-state index in [9.17, 15) is 0 Å². The zero-order valence-electron chi connectivity index (χ0n) is 6.96. The van der Waals surface area contributed by atoms with Crippen LogP contribution in [0.2, 0.25) is 0 Å². The molecule has 11 heavy (non-hydrogen) atoms.